The first-order valence-electron chi connectivity index (χ1n) is 5.87. The molecule has 0 atom stereocenters. The van der Waals surface area contributed by atoms with Crippen molar-refractivity contribution < 1.29 is 17.9 Å². The molecule has 0 fully saturated rings. The quantitative estimate of drug-likeness (QED) is 0.794. The molecule has 1 rings (SSSR count). The molecule has 102 valence electrons. The Kier molecular flexibility index (Phi) is 5.62. The zero-order valence-electron chi connectivity index (χ0n) is 10.6. The number of alkyl halides is 3. The minimum atomic E-state index is -4.28. The van der Waals surface area contributed by atoms with Gasteiger partial charge < -0.3 is 10.1 Å². The Morgan fingerprint density at radius 3 is 2.28 bits per heavy atom. The first-order valence-corrected chi connectivity index (χ1v) is 5.87. The van der Waals surface area contributed by atoms with Gasteiger partial charge in [-0.2, -0.15) is 13.2 Å². The van der Waals surface area contributed by atoms with E-state index in [1.54, 1.807) is 0 Å². The normalized spacial score (nSPS) is 12.1. The highest BCUT2D eigenvalue weighted by atomic mass is 19.4. The standard InChI is InChI=1S/C13H18F3NO/c1-10(2)17-7-8-18-9-11-3-5-12(6-4-11)13(14,15)16/h3-6,10,17H,7-9H2,1-2H3. The Labute approximate surface area is 105 Å². The summed E-state index contributed by atoms with van der Waals surface area (Å²) in [6.07, 6.45) is -4.28. The number of ether oxygens (including phenoxy) is 1. The largest absolute Gasteiger partial charge is 0.416 e. The second kappa shape index (κ2) is 6.75. The Balaban J connectivity index is 2.31. The SMILES string of the molecule is CC(C)NCCOCc1ccc(C(F)(F)F)cc1. The maximum absolute atomic E-state index is 12.3. The summed E-state index contributed by atoms with van der Waals surface area (Å²) in [5, 5.41) is 3.19. The van der Waals surface area contributed by atoms with Gasteiger partial charge in [0.15, 0.2) is 0 Å². The van der Waals surface area contributed by atoms with Gasteiger partial charge in [-0.05, 0) is 17.7 Å². The zero-order valence-corrected chi connectivity index (χ0v) is 10.6. The van der Waals surface area contributed by atoms with Gasteiger partial charge in [0.05, 0.1) is 18.8 Å². The van der Waals surface area contributed by atoms with E-state index in [2.05, 4.69) is 5.32 Å². The molecule has 0 aromatic heterocycles. The lowest BCUT2D eigenvalue weighted by molar-refractivity contribution is -0.137. The van der Waals surface area contributed by atoms with Crippen molar-refractivity contribution in [2.45, 2.75) is 32.7 Å². The third-order valence-electron chi connectivity index (χ3n) is 2.35. The van der Waals surface area contributed by atoms with Crippen LogP contribution in [0.5, 0.6) is 0 Å². The van der Waals surface area contributed by atoms with E-state index in [1.807, 2.05) is 13.8 Å². The smallest absolute Gasteiger partial charge is 0.375 e. The molecule has 0 amide bonds. The van der Waals surface area contributed by atoms with Gasteiger partial charge in [0.1, 0.15) is 0 Å². The summed E-state index contributed by atoms with van der Waals surface area (Å²) in [4.78, 5) is 0. The van der Waals surface area contributed by atoms with Crippen LogP contribution in [-0.2, 0) is 17.5 Å². The number of benzene rings is 1. The van der Waals surface area contributed by atoms with Crippen LogP contribution in [0.2, 0.25) is 0 Å². The summed E-state index contributed by atoms with van der Waals surface area (Å²) >= 11 is 0. The van der Waals surface area contributed by atoms with Crippen LogP contribution in [0.15, 0.2) is 24.3 Å². The highest BCUT2D eigenvalue weighted by Crippen LogP contribution is 2.29. The summed E-state index contributed by atoms with van der Waals surface area (Å²) in [5.41, 5.74) is 0.111. The van der Waals surface area contributed by atoms with Crippen molar-refractivity contribution in [3.8, 4) is 0 Å². The van der Waals surface area contributed by atoms with E-state index in [4.69, 9.17) is 4.74 Å². The molecular formula is C13H18F3NO. The summed E-state index contributed by atoms with van der Waals surface area (Å²) in [6.45, 7) is 5.68. The lowest BCUT2D eigenvalue weighted by Gasteiger charge is -2.10. The molecule has 0 bridgehead atoms. The average molecular weight is 261 g/mol. The summed E-state index contributed by atoms with van der Waals surface area (Å²) in [5.74, 6) is 0. The van der Waals surface area contributed by atoms with Gasteiger partial charge in [0, 0.05) is 12.6 Å². The van der Waals surface area contributed by atoms with Gasteiger partial charge in [-0.25, -0.2) is 0 Å². The Morgan fingerprint density at radius 2 is 1.78 bits per heavy atom. The van der Waals surface area contributed by atoms with Crippen LogP contribution in [0.1, 0.15) is 25.0 Å². The van der Waals surface area contributed by atoms with Gasteiger partial charge in [-0.3, -0.25) is 0 Å². The van der Waals surface area contributed by atoms with E-state index >= 15 is 0 Å². The summed E-state index contributed by atoms with van der Waals surface area (Å²) in [6, 6.07) is 5.44. The van der Waals surface area contributed by atoms with Crippen LogP contribution in [0.4, 0.5) is 13.2 Å². The van der Waals surface area contributed by atoms with E-state index < -0.39 is 11.7 Å². The van der Waals surface area contributed by atoms with Crippen molar-refractivity contribution in [3.05, 3.63) is 35.4 Å². The van der Waals surface area contributed by atoms with Gasteiger partial charge >= 0.3 is 6.18 Å². The highest BCUT2D eigenvalue weighted by molar-refractivity contribution is 5.24. The lowest BCUT2D eigenvalue weighted by atomic mass is 10.1. The van der Waals surface area contributed by atoms with Crippen LogP contribution in [0.25, 0.3) is 0 Å². The van der Waals surface area contributed by atoms with Crippen molar-refractivity contribution in [2.75, 3.05) is 13.2 Å². The van der Waals surface area contributed by atoms with Crippen LogP contribution >= 0.6 is 0 Å². The van der Waals surface area contributed by atoms with Crippen molar-refractivity contribution in [1.82, 2.24) is 5.32 Å². The minimum Gasteiger partial charge on any atom is -0.375 e. The molecule has 0 aliphatic carbocycles. The molecule has 5 heteroatoms. The number of hydrogen-bond acceptors (Lipinski definition) is 2. The van der Waals surface area contributed by atoms with Gasteiger partial charge in [-0.15, -0.1) is 0 Å². The monoisotopic (exact) mass is 261 g/mol. The molecule has 0 saturated heterocycles. The van der Waals surface area contributed by atoms with Crippen molar-refractivity contribution in [2.24, 2.45) is 0 Å². The zero-order chi connectivity index (χ0) is 13.6. The molecule has 0 aliphatic heterocycles. The molecule has 0 spiro atoms. The molecule has 1 N–H and O–H groups in total. The first-order chi connectivity index (χ1) is 8.39. The lowest BCUT2D eigenvalue weighted by Crippen LogP contribution is -2.26. The van der Waals surface area contributed by atoms with Gasteiger partial charge in [0.2, 0.25) is 0 Å². The molecule has 1 aromatic carbocycles. The van der Waals surface area contributed by atoms with E-state index in [9.17, 15) is 13.2 Å². The maximum atomic E-state index is 12.3. The Hall–Kier alpha value is -1.07. The molecule has 18 heavy (non-hydrogen) atoms. The Morgan fingerprint density at radius 1 is 1.17 bits per heavy atom. The van der Waals surface area contributed by atoms with Crippen molar-refractivity contribution in [1.29, 1.82) is 0 Å². The molecule has 2 nitrogen and oxygen atoms in total. The molecule has 0 radical (unpaired) electrons. The number of halogens is 3. The number of nitrogens with one attached hydrogen (secondary N) is 1. The van der Waals surface area contributed by atoms with Crippen LogP contribution < -0.4 is 5.32 Å². The fraction of sp³-hybridized carbons (Fsp3) is 0.538. The first kappa shape index (κ1) is 15.0. The van der Waals surface area contributed by atoms with Crippen molar-refractivity contribution in [3.63, 3.8) is 0 Å². The average Bonchev–Trinajstić information content (AvgIpc) is 2.27. The molecule has 0 heterocycles. The fourth-order valence-corrected chi connectivity index (χ4v) is 1.40. The van der Waals surface area contributed by atoms with E-state index in [-0.39, 0.29) is 0 Å². The highest BCUT2D eigenvalue weighted by Gasteiger charge is 2.29. The molecule has 0 saturated carbocycles. The van der Waals surface area contributed by atoms with Crippen LogP contribution in [-0.4, -0.2) is 19.2 Å². The van der Waals surface area contributed by atoms with Gasteiger partial charge in [-0.1, -0.05) is 26.0 Å². The molecular weight excluding hydrogens is 243 g/mol. The summed E-state index contributed by atoms with van der Waals surface area (Å²) < 4.78 is 42.3. The molecule has 0 aliphatic rings. The Bertz CT molecular complexity index is 346. The minimum absolute atomic E-state index is 0.331. The summed E-state index contributed by atoms with van der Waals surface area (Å²) in [7, 11) is 0. The van der Waals surface area contributed by atoms with Crippen molar-refractivity contribution >= 4 is 0 Å². The second-order valence-electron chi connectivity index (χ2n) is 4.36. The fourth-order valence-electron chi connectivity index (χ4n) is 1.40. The van der Waals surface area contributed by atoms with E-state index in [1.165, 1.54) is 12.1 Å². The predicted molar refractivity (Wildman–Crippen MR) is 64.2 cm³/mol. The van der Waals surface area contributed by atoms with Crippen LogP contribution in [0.3, 0.4) is 0 Å². The third kappa shape index (κ3) is 5.51. The maximum Gasteiger partial charge on any atom is 0.416 e. The van der Waals surface area contributed by atoms with Crippen LogP contribution in [0, 0.1) is 0 Å². The molecule has 1 aromatic rings. The third-order valence-corrected chi connectivity index (χ3v) is 2.35. The second-order valence-corrected chi connectivity index (χ2v) is 4.36. The van der Waals surface area contributed by atoms with Gasteiger partial charge in [0.25, 0.3) is 0 Å². The van der Waals surface area contributed by atoms with E-state index in [0.717, 1.165) is 24.2 Å². The predicted octanol–water partition coefficient (Wildman–Crippen LogP) is 3.22. The topological polar surface area (TPSA) is 21.3 Å². The number of rotatable bonds is 6. The van der Waals surface area contributed by atoms with E-state index in [0.29, 0.717) is 19.3 Å². The molecule has 0 unspecified atom stereocenters. The number of hydrogen-bond donors (Lipinski definition) is 1.